The van der Waals surface area contributed by atoms with Crippen LogP contribution in [0.25, 0.3) is 0 Å². The van der Waals surface area contributed by atoms with Crippen LogP contribution in [0.2, 0.25) is 0 Å². The lowest BCUT2D eigenvalue weighted by Crippen LogP contribution is -2.46. The summed E-state index contributed by atoms with van der Waals surface area (Å²) in [6.45, 7) is 5.03. The fraction of sp³-hybridized carbons (Fsp3) is 0.684. The number of benzene rings is 1. The van der Waals surface area contributed by atoms with E-state index < -0.39 is 0 Å². The molecule has 0 radical (unpaired) electrons. The van der Waals surface area contributed by atoms with Crippen molar-refractivity contribution in [3.05, 3.63) is 29.8 Å². The third kappa shape index (κ3) is 4.24. The van der Waals surface area contributed by atoms with Crippen molar-refractivity contribution in [3.63, 3.8) is 0 Å². The van der Waals surface area contributed by atoms with E-state index in [0.717, 1.165) is 25.3 Å². The maximum Gasteiger partial charge on any atom is 0.119 e. The van der Waals surface area contributed by atoms with Gasteiger partial charge in [-0.15, -0.1) is 0 Å². The lowest BCUT2D eigenvalue weighted by Gasteiger charge is -2.34. The molecule has 23 heavy (non-hydrogen) atoms. The van der Waals surface area contributed by atoms with Crippen LogP contribution in [0, 0.1) is 0 Å². The molecule has 0 saturated carbocycles. The van der Waals surface area contributed by atoms with E-state index in [0.29, 0.717) is 13.0 Å². The predicted octanol–water partition coefficient (Wildman–Crippen LogP) is 3.49. The maximum absolute atomic E-state index is 12.1. The highest BCUT2D eigenvalue weighted by molar-refractivity contribution is 5.33. The van der Waals surface area contributed by atoms with Gasteiger partial charge in [0.25, 0.3) is 0 Å². The summed E-state index contributed by atoms with van der Waals surface area (Å²) >= 11 is 0. The molecule has 128 valence electrons. The van der Waals surface area contributed by atoms with Crippen molar-refractivity contribution >= 4 is 0 Å². The number of nitrogens with one attached hydrogen (secondary N) is 1. The number of rotatable bonds is 8. The topological polar surface area (TPSA) is 24.5 Å². The average Bonchev–Trinajstić information content (AvgIpc) is 3.25. The minimum absolute atomic E-state index is 0.108. The van der Waals surface area contributed by atoms with Gasteiger partial charge in [-0.1, -0.05) is 12.1 Å². The summed E-state index contributed by atoms with van der Waals surface area (Å²) in [5.41, 5.74) is 1.48. The number of hydrogen-bond donors (Lipinski definition) is 1. The van der Waals surface area contributed by atoms with Crippen molar-refractivity contribution in [2.24, 2.45) is 0 Å². The summed E-state index contributed by atoms with van der Waals surface area (Å²) in [5, 5.41) is 3.77. The highest BCUT2D eigenvalue weighted by atomic mass is 19.1. The first-order valence-corrected chi connectivity index (χ1v) is 9.09. The van der Waals surface area contributed by atoms with Crippen LogP contribution < -0.4 is 10.1 Å². The molecule has 2 saturated heterocycles. The van der Waals surface area contributed by atoms with Crippen molar-refractivity contribution in [1.82, 2.24) is 10.2 Å². The van der Waals surface area contributed by atoms with E-state index in [1.807, 2.05) is 0 Å². The van der Waals surface area contributed by atoms with Crippen LogP contribution in [0.4, 0.5) is 4.39 Å². The molecule has 1 aromatic carbocycles. The van der Waals surface area contributed by atoms with Gasteiger partial charge in [-0.3, -0.25) is 4.39 Å². The van der Waals surface area contributed by atoms with E-state index >= 15 is 0 Å². The lowest BCUT2D eigenvalue weighted by atomic mass is 9.87. The standard InChI is InChI=1S/C19H29FN2O/c20-11-1-4-15-23-18-8-6-17(7-9-18)19(10-5-12-21-19)16-22-13-2-3-14-22/h6-9,21H,1-5,10-16H2/t19-/m1/s1. The molecule has 3 rings (SSSR count). The van der Waals surface area contributed by atoms with E-state index in [9.17, 15) is 4.39 Å². The number of hydrogen-bond acceptors (Lipinski definition) is 3. The van der Waals surface area contributed by atoms with Gasteiger partial charge < -0.3 is 15.0 Å². The van der Waals surface area contributed by atoms with E-state index in [1.165, 1.54) is 44.3 Å². The second-order valence-corrected chi connectivity index (χ2v) is 6.86. The number of alkyl halides is 1. The Bertz CT molecular complexity index is 465. The summed E-state index contributed by atoms with van der Waals surface area (Å²) in [5.74, 6) is 0.891. The first-order valence-electron chi connectivity index (χ1n) is 9.09. The summed E-state index contributed by atoms with van der Waals surface area (Å²) in [6, 6.07) is 8.55. The summed E-state index contributed by atoms with van der Waals surface area (Å²) in [7, 11) is 0. The quantitative estimate of drug-likeness (QED) is 0.742. The van der Waals surface area contributed by atoms with Crippen molar-refractivity contribution < 1.29 is 9.13 Å². The largest absolute Gasteiger partial charge is 0.494 e. The summed E-state index contributed by atoms with van der Waals surface area (Å²) < 4.78 is 17.8. The van der Waals surface area contributed by atoms with Crippen LogP contribution in [-0.4, -0.2) is 44.4 Å². The van der Waals surface area contributed by atoms with Gasteiger partial charge >= 0.3 is 0 Å². The monoisotopic (exact) mass is 320 g/mol. The Morgan fingerprint density at radius 1 is 1.09 bits per heavy atom. The molecule has 0 unspecified atom stereocenters. The highest BCUT2D eigenvalue weighted by Crippen LogP contribution is 2.33. The molecule has 0 aromatic heterocycles. The van der Waals surface area contributed by atoms with Crippen LogP contribution in [0.5, 0.6) is 5.75 Å². The lowest BCUT2D eigenvalue weighted by molar-refractivity contribution is 0.226. The third-order valence-electron chi connectivity index (χ3n) is 5.14. The van der Waals surface area contributed by atoms with Gasteiger partial charge in [-0.05, 0) is 75.9 Å². The predicted molar refractivity (Wildman–Crippen MR) is 91.7 cm³/mol. The molecule has 1 aromatic rings. The number of unbranched alkanes of at least 4 members (excludes halogenated alkanes) is 1. The second kappa shape index (κ2) is 8.11. The summed E-state index contributed by atoms with van der Waals surface area (Å²) in [6.07, 6.45) is 6.48. The number of nitrogens with zero attached hydrogens (tertiary/aromatic N) is 1. The van der Waals surface area contributed by atoms with E-state index in [4.69, 9.17) is 4.74 Å². The first kappa shape index (κ1) is 16.7. The fourth-order valence-corrected chi connectivity index (χ4v) is 3.86. The summed E-state index contributed by atoms with van der Waals surface area (Å²) in [4.78, 5) is 2.60. The van der Waals surface area contributed by atoms with Gasteiger partial charge in [-0.25, -0.2) is 0 Å². The number of likely N-dealkylation sites (tertiary alicyclic amines) is 1. The third-order valence-corrected chi connectivity index (χ3v) is 5.14. The molecule has 1 N–H and O–H groups in total. The smallest absolute Gasteiger partial charge is 0.119 e. The van der Waals surface area contributed by atoms with Crippen molar-refractivity contribution in [1.29, 1.82) is 0 Å². The molecule has 0 aliphatic carbocycles. The van der Waals surface area contributed by atoms with Crippen molar-refractivity contribution in [3.8, 4) is 5.75 Å². The Hall–Kier alpha value is -1.13. The minimum Gasteiger partial charge on any atom is -0.494 e. The Balaban J connectivity index is 1.63. The second-order valence-electron chi connectivity index (χ2n) is 6.86. The Morgan fingerprint density at radius 2 is 1.87 bits per heavy atom. The zero-order valence-corrected chi connectivity index (χ0v) is 14.0. The van der Waals surface area contributed by atoms with Crippen LogP contribution in [-0.2, 0) is 5.54 Å². The molecule has 0 amide bonds. The number of ether oxygens (including phenoxy) is 1. The zero-order valence-electron chi connectivity index (χ0n) is 14.0. The van der Waals surface area contributed by atoms with Gasteiger partial charge in [0.2, 0.25) is 0 Å². The SMILES string of the molecule is FCCCCOc1ccc([C@]2(CN3CCCC3)CCCN2)cc1. The number of halogens is 1. The molecule has 2 fully saturated rings. The zero-order chi connectivity index (χ0) is 16.0. The normalized spacial score (nSPS) is 25.1. The molecule has 4 heteroatoms. The Kier molecular flexibility index (Phi) is 5.90. The highest BCUT2D eigenvalue weighted by Gasteiger charge is 2.37. The van der Waals surface area contributed by atoms with Gasteiger partial charge in [0, 0.05) is 6.54 Å². The van der Waals surface area contributed by atoms with E-state index in [1.54, 1.807) is 0 Å². The molecule has 3 nitrogen and oxygen atoms in total. The minimum atomic E-state index is -0.257. The van der Waals surface area contributed by atoms with Crippen LogP contribution >= 0.6 is 0 Å². The van der Waals surface area contributed by atoms with Gasteiger partial charge in [0.05, 0.1) is 18.8 Å². The molecular formula is C19H29FN2O. The van der Waals surface area contributed by atoms with Crippen molar-refractivity contribution in [2.45, 2.75) is 44.1 Å². The molecule has 2 aliphatic heterocycles. The maximum atomic E-state index is 12.1. The molecule has 0 bridgehead atoms. The van der Waals surface area contributed by atoms with Gasteiger partial charge in [0.15, 0.2) is 0 Å². The molecule has 2 heterocycles. The van der Waals surface area contributed by atoms with Gasteiger partial charge in [-0.2, -0.15) is 0 Å². The molecule has 0 spiro atoms. The van der Waals surface area contributed by atoms with E-state index in [-0.39, 0.29) is 12.2 Å². The molecular weight excluding hydrogens is 291 g/mol. The Labute approximate surface area is 139 Å². The van der Waals surface area contributed by atoms with Crippen molar-refractivity contribution in [2.75, 3.05) is 39.5 Å². The van der Waals surface area contributed by atoms with E-state index in [2.05, 4.69) is 34.5 Å². The van der Waals surface area contributed by atoms with Crippen LogP contribution in [0.3, 0.4) is 0 Å². The average molecular weight is 320 g/mol. The Morgan fingerprint density at radius 3 is 2.52 bits per heavy atom. The molecule has 1 atom stereocenters. The molecule has 2 aliphatic rings. The van der Waals surface area contributed by atoms with Crippen LogP contribution in [0.15, 0.2) is 24.3 Å². The van der Waals surface area contributed by atoms with Crippen LogP contribution in [0.1, 0.15) is 44.1 Å². The fourth-order valence-electron chi connectivity index (χ4n) is 3.86. The first-order chi connectivity index (χ1) is 11.3. The van der Waals surface area contributed by atoms with Gasteiger partial charge in [0.1, 0.15) is 5.75 Å².